The summed E-state index contributed by atoms with van der Waals surface area (Å²) in [5.41, 5.74) is 2.95. The molecule has 1 heterocycles. The molecule has 0 amide bonds. The molecule has 0 saturated carbocycles. The molecule has 0 aliphatic rings. The minimum Gasteiger partial charge on any atom is -0.469 e. The topological polar surface area (TPSA) is 25.2 Å². The highest BCUT2D eigenvalue weighted by Crippen LogP contribution is 2.22. The quantitative estimate of drug-likeness (QED) is 0.833. The Hall–Kier alpha value is -1.54. The Kier molecular flexibility index (Phi) is 5.24. The monoisotopic (exact) mass is 285 g/mol. The van der Waals surface area contributed by atoms with Gasteiger partial charge in [-0.1, -0.05) is 45.0 Å². The standard InChI is InChI=1S/C19H27NO/c1-15(7-12-18-6-5-13-21-18)20-14-16-8-10-17(11-9-16)19(2,3)4/h5-6,8-11,13,15,20H,7,12,14H2,1-4H3. The molecule has 2 rings (SSSR count). The van der Waals surface area contributed by atoms with E-state index in [2.05, 4.69) is 57.3 Å². The van der Waals surface area contributed by atoms with E-state index < -0.39 is 0 Å². The summed E-state index contributed by atoms with van der Waals surface area (Å²) >= 11 is 0. The summed E-state index contributed by atoms with van der Waals surface area (Å²) in [5, 5.41) is 3.58. The summed E-state index contributed by atoms with van der Waals surface area (Å²) < 4.78 is 5.36. The first-order valence-corrected chi connectivity index (χ1v) is 7.80. The molecule has 1 unspecified atom stereocenters. The van der Waals surface area contributed by atoms with Gasteiger partial charge in [0.25, 0.3) is 0 Å². The first kappa shape index (κ1) is 15.8. The molecule has 1 aromatic carbocycles. The van der Waals surface area contributed by atoms with Crippen LogP contribution in [0.2, 0.25) is 0 Å². The number of hydrogen-bond donors (Lipinski definition) is 1. The molecule has 0 saturated heterocycles. The van der Waals surface area contributed by atoms with Crippen LogP contribution in [0.4, 0.5) is 0 Å². The Balaban J connectivity index is 1.77. The number of benzene rings is 1. The second-order valence-corrected chi connectivity index (χ2v) is 6.85. The molecule has 21 heavy (non-hydrogen) atoms. The molecule has 0 bridgehead atoms. The van der Waals surface area contributed by atoms with Gasteiger partial charge in [0, 0.05) is 19.0 Å². The maximum Gasteiger partial charge on any atom is 0.103 e. The maximum atomic E-state index is 5.36. The van der Waals surface area contributed by atoms with E-state index in [9.17, 15) is 0 Å². The number of aryl methyl sites for hydroxylation is 1. The third kappa shape index (κ3) is 5.05. The lowest BCUT2D eigenvalue weighted by Crippen LogP contribution is -2.26. The molecule has 0 fully saturated rings. The average Bonchev–Trinajstić information content (AvgIpc) is 2.95. The zero-order valence-electron chi connectivity index (χ0n) is 13.6. The van der Waals surface area contributed by atoms with E-state index >= 15 is 0 Å². The first-order chi connectivity index (χ1) is 9.95. The second-order valence-electron chi connectivity index (χ2n) is 6.85. The average molecular weight is 285 g/mol. The van der Waals surface area contributed by atoms with Crippen molar-refractivity contribution < 1.29 is 4.42 Å². The fourth-order valence-electron chi connectivity index (χ4n) is 2.33. The molecule has 0 radical (unpaired) electrons. The molecular weight excluding hydrogens is 258 g/mol. The fraction of sp³-hybridized carbons (Fsp3) is 0.474. The van der Waals surface area contributed by atoms with Gasteiger partial charge in [0.1, 0.15) is 5.76 Å². The van der Waals surface area contributed by atoms with Crippen molar-refractivity contribution in [2.45, 2.75) is 58.5 Å². The van der Waals surface area contributed by atoms with Gasteiger partial charge in [0.05, 0.1) is 6.26 Å². The lowest BCUT2D eigenvalue weighted by molar-refractivity contribution is 0.460. The van der Waals surface area contributed by atoms with Crippen LogP contribution < -0.4 is 5.32 Å². The van der Waals surface area contributed by atoms with Crippen molar-refractivity contribution in [1.29, 1.82) is 0 Å². The summed E-state index contributed by atoms with van der Waals surface area (Å²) in [7, 11) is 0. The largest absolute Gasteiger partial charge is 0.469 e. The van der Waals surface area contributed by atoms with Crippen molar-refractivity contribution in [1.82, 2.24) is 5.32 Å². The number of hydrogen-bond acceptors (Lipinski definition) is 2. The van der Waals surface area contributed by atoms with Crippen molar-refractivity contribution in [2.24, 2.45) is 0 Å². The van der Waals surface area contributed by atoms with Crippen molar-refractivity contribution in [2.75, 3.05) is 0 Å². The minimum atomic E-state index is 0.224. The van der Waals surface area contributed by atoms with E-state index in [1.807, 2.05) is 12.1 Å². The minimum absolute atomic E-state index is 0.224. The Morgan fingerprint density at radius 3 is 2.38 bits per heavy atom. The van der Waals surface area contributed by atoms with E-state index in [-0.39, 0.29) is 5.41 Å². The lowest BCUT2D eigenvalue weighted by atomic mass is 9.87. The molecule has 1 aromatic heterocycles. The maximum absolute atomic E-state index is 5.36. The zero-order chi connectivity index (χ0) is 15.3. The lowest BCUT2D eigenvalue weighted by Gasteiger charge is -2.19. The smallest absolute Gasteiger partial charge is 0.103 e. The van der Waals surface area contributed by atoms with Crippen LogP contribution in [0.5, 0.6) is 0 Å². The third-order valence-electron chi connectivity index (χ3n) is 3.88. The van der Waals surface area contributed by atoms with Gasteiger partial charge in [-0.15, -0.1) is 0 Å². The first-order valence-electron chi connectivity index (χ1n) is 7.80. The zero-order valence-corrected chi connectivity index (χ0v) is 13.6. The predicted octanol–water partition coefficient (Wildman–Crippen LogP) is 4.69. The van der Waals surface area contributed by atoms with E-state index in [0.29, 0.717) is 6.04 Å². The van der Waals surface area contributed by atoms with E-state index in [1.165, 1.54) is 11.1 Å². The third-order valence-corrected chi connectivity index (χ3v) is 3.88. The molecule has 0 spiro atoms. The van der Waals surface area contributed by atoms with Gasteiger partial charge in [-0.05, 0) is 42.0 Å². The van der Waals surface area contributed by atoms with Crippen LogP contribution in [0, 0.1) is 0 Å². The number of nitrogens with one attached hydrogen (secondary N) is 1. The van der Waals surface area contributed by atoms with Crippen LogP contribution >= 0.6 is 0 Å². The summed E-state index contributed by atoms with van der Waals surface area (Å²) in [4.78, 5) is 0. The molecule has 0 aliphatic carbocycles. The summed E-state index contributed by atoms with van der Waals surface area (Å²) in [6, 6.07) is 13.4. The van der Waals surface area contributed by atoms with E-state index in [4.69, 9.17) is 4.42 Å². The van der Waals surface area contributed by atoms with Crippen molar-refractivity contribution in [3.63, 3.8) is 0 Å². The molecular formula is C19H27NO. The highest BCUT2D eigenvalue weighted by Gasteiger charge is 2.12. The molecule has 2 aromatic rings. The van der Waals surface area contributed by atoms with Crippen LogP contribution in [-0.2, 0) is 18.4 Å². The van der Waals surface area contributed by atoms with E-state index in [0.717, 1.165) is 25.1 Å². The Labute approximate surface area is 128 Å². The van der Waals surface area contributed by atoms with Crippen molar-refractivity contribution in [3.05, 3.63) is 59.5 Å². The van der Waals surface area contributed by atoms with Gasteiger partial charge in [-0.3, -0.25) is 0 Å². The van der Waals surface area contributed by atoms with Crippen LogP contribution in [-0.4, -0.2) is 6.04 Å². The highest BCUT2D eigenvalue weighted by atomic mass is 16.3. The molecule has 2 nitrogen and oxygen atoms in total. The molecule has 2 heteroatoms. The summed E-state index contributed by atoms with van der Waals surface area (Å²) in [5.74, 6) is 1.07. The van der Waals surface area contributed by atoms with Crippen LogP contribution in [0.15, 0.2) is 47.1 Å². The normalized spacial score (nSPS) is 13.3. The molecule has 0 aliphatic heterocycles. The van der Waals surface area contributed by atoms with Crippen LogP contribution in [0.1, 0.15) is 51.0 Å². The van der Waals surface area contributed by atoms with Crippen molar-refractivity contribution >= 4 is 0 Å². The van der Waals surface area contributed by atoms with Crippen LogP contribution in [0.25, 0.3) is 0 Å². The second kappa shape index (κ2) is 6.95. The van der Waals surface area contributed by atoms with Gasteiger partial charge in [0.2, 0.25) is 0 Å². The fourth-order valence-corrected chi connectivity index (χ4v) is 2.33. The predicted molar refractivity (Wildman–Crippen MR) is 88.5 cm³/mol. The van der Waals surface area contributed by atoms with Gasteiger partial charge in [-0.25, -0.2) is 0 Å². The van der Waals surface area contributed by atoms with Gasteiger partial charge in [0.15, 0.2) is 0 Å². The summed E-state index contributed by atoms with van der Waals surface area (Å²) in [6.07, 6.45) is 3.82. The Morgan fingerprint density at radius 2 is 1.81 bits per heavy atom. The SMILES string of the molecule is CC(CCc1ccco1)NCc1ccc(C(C)(C)C)cc1. The molecule has 1 atom stereocenters. The molecule has 114 valence electrons. The molecule has 1 N–H and O–H groups in total. The van der Waals surface area contributed by atoms with Gasteiger partial charge in [-0.2, -0.15) is 0 Å². The van der Waals surface area contributed by atoms with Gasteiger partial charge >= 0.3 is 0 Å². The number of furan rings is 1. The van der Waals surface area contributed by atoms with Gasteiger partial charge < -0.3 is 9.73 Å². The Morgan fingerprint density at radius 1 is 1.10 bits per heavy atom. The van der Waals surface area contributed by atoms with E-state index in [1.54, 1.807) is 6.26 Å². The highest BCUT2D eigenvalue weighted by molar-refractivity contribution is 5.27. The number of rotatable bonds is 6. The Bertz CT molecular complexity index is 520. The van der Waals surface area contributed by atoms with Crippen molar-refractivity contribution in [3.8, 4) is 0 Å². The summed E-state index contributed by atoms with van der Waals surface area (Å²) in [6.45, 7) is 9.89. The van der Waals surface area contributed by atoms with Crippen LogP contribution in [0.3, 0.4) is 0 Å².